The van der Waals surface area contributed by atoms with Crippen molar-refractivity contribution in [2.45, 2.75) is 11.8 Å². The Bertz CT molecular complexity index is 625. The largest absolute Gasteiger partial charge is 0.494 e. The molecule has 2 rings (SSSR count). The minimum absolute atomic E-state index is 0.188. The van der Waals surface area contributed by atoms with E-state index in [2.05, 4.69) is 9.71 Å². The van der Waals surface area contributed by atoms with E-state index < -0.39 is 10.0 Å². The summed E-state index contributed by atoms with van der Waals surface area (Å²) in [4.78, 5) is 4.02. The molecule has 0 aliphatic heterocycles. The van der Waals surface area contributed by atoms with Gasteiger partial charge < -0.3 is 4.74 Å². The average Bonchev–Trinajstić information content (AvgIpc) is 2.40. The lowest BCUT2D eigenvalue weighted by Gasteiger charge is -2.08. The van der Waals surface area contributed by atoms with Gasteiger partial charge in [-0.3, -0.25) is 9.71 Å². The molecule has 0 bridgehead atoms. The zero-order valence-corrected chi connectivity index (χ0v) is 11.2. The van der Waals surface area contributed by atoms with E-state index in [1.165, 1.54) is 24.5 Å². The monoisotopic (exact) mass is 278 g/mol. The summed E-state index contributed by atoms with van der Waals surface area (Å²) in [5.74, 6) is 0.644. The maximum absolute atomic E-state index is 12.1. The molecule has 0 aliphatic carbocycles. The van der Waals surface area contributed by atoms with Gasteiger partial charge in [0.05, 0.1) is 17.2 Å². The van der Waals surface area contributed by atoms with Crippen molar-refractivity contribution < 1.29 is 13.2 Å². The SMILES string of the molecule is CCOc1ccc(S(=O)(=O)Nc2ccncc2)cc1. The summed E-state index contributed by atoms with van der Waals surface area (Å²) in [5.41, 5.74) is 0.476. The Morgan fingerprint density at radius 1 is 1.11 bits per heavy atom. The first-order chi connectivity index (χ1) is 9.12. The summed E-state index contributed by atoms with van der Waals surface area (Å²) in [5, 5.41) is 0. The lowest BCUT2D eigenvalue weighted by Crippen LogP contribution is -2.12. The standard InChI is InChI=1S/C13H14N2O3S/c1-2-18-12-3-5-13(6-4-12)19(16,17)15-11-7-9-14-10-8-11/h3-10H,2H2,1H3,(H,14,15). The quantitative estimate of drug-likeness (QED) is 0.911. The van der Waals surface area contributed by atoms with Crippen molar-refractivity contribution in [3.05, 3.63) is 48.8 Å². The van der Waals surface area contributed by atoms with E-state index >= 15 is 0 Å². The van der Waals surface area contributed by atoms with Gasteiger partial charge in [0.2, 0.25) is 0 Å². The predicted octanol–water partition coefficient (Wildman–Crippen LogP) is 2.28. The van der Waals surface area contributed by atoms with E-state index in [4.69, 9.17) is 4.74 Å². The Labute approximate surface area is 112 Å². The zero-order chi connectivity index (χ0) is 13.7. The fourth-order valence-electron chi connectivity index (χ4n) is 1.52. The molecule has 5 nitrogen and oxygen atoms in total. The first-order valence-electron chi connectivity index (χ1n) is 5.77. The smallest absolute Gasteiger partial charge is 0.261 e. The summed E-state index contributed by atoms with van der Waals surface area (Å²) in [7, 11) is -3.58. The minimum atomic E-state index is -3.58. The Hall–Kier alpha value is -2.08. The van der Waals surface area contributed by atoms with Crippen molar-refractivity contribution >= 4 is 15.7 Å². The molecule has 0 amide bonds. The van der Waals surface area contributed by atoms with Crippen molar-refractivity contribution in [2.75, 3.05) is 11.3 Å². The fourth-order valence-corrected chi connectivity index (χ4v) is 2.57. The highest BCUT2D eigenvalue weighted by Crippen LogP contribution is 2.18. The highest BCUT2D eigenvalue weighted by Gasteiger charge is 2.13. The predicted molar refractivity (Wildman–Crippen MR) is 72.7 cm³/mol. The number of aromatic nitrogens is 1. The van der Waals surface area contributed by atoms with Gasteiger partial charge in [0, 0.05) is 12.4 Å². The van der Waals surface area contributed by atoms with E-state index in [1.54, 1.807) is 24.3 Å². The molecule has 0 spiro atoms. The number of rotatable bonds is 5. The first-order valence-corrected chi connectivity index (χ1v) is 7.26. The second kappa shape index (κ2) is 5.71. The van der Waals surface area contributed by atoms with Crippen LogP contribution in [0.15, 0.2) is 53.7 Å². The third-order valence-corrected chi connectivity index (χ3v) is 3.77. The molecule has 19 heavy (non-hydrogen) atoms. The molecule has 1 aromatic carbocycles. The molecule has 1 heterocycles. The highest BCUT2D eigenvalue weighted by molar-refractivity contribution is 7.92. The Morgan fingerprint density at radius 3 is 2.32 bits per heavy atom. The van der Waals surface area contributed by atoms with E-state index in [1.807, 2.05) is 6.92 Å². The van der Waals surface area contributed by atoms with Crippen molar-refractivity contribution in [3.8, 4) is 5.75 Å². The Kier molecular flexibility index (Phi) is 4.01. The van der Waals surface area contributed by atoms with Gasteiger partial charge in [0.15, 0.2) is 0 Å². The third-order valence-electron chi connectivity index (χ3n) is 2.38. The van der Waals surface area contributed by atoms with Gasteiger partial charge in [-0.15, -0.1) is 0 Å². The van der Waals surface area contributed by atoms with Gasteiger partial charge in [0.1, 0.15) is 5.75 Å². The number of nitrogens with zero attached hydrogens (tertiary/aromatic N) is 1. The second-order valence-corrected chi connectivity index (χ2v) is 5.43. The van der Waals surface area contributed by atoms with Crippen LogP contribution < -0.4 is 9.46 Å². The van der Waals surface area contributed by atoms with Crippen LogP contribution in [0, 0.1) is 0 Å². The maximum atomic E-state index is 12.1. The first kappa shape index (κ1) is 13.4. The molecular weight excluding hydrogens is 264 g/mol. The summed E-state index contributed by atoms with van der Waals surface area (Å²) in [6.07, 6.45) is 3.05. The van der Waals surface area contributed by atoms with Gasteiger partial charge in [-0.1, -0.05) is 0 Å². The van der Waals surface area contributed by atoms with Gasteiger partial charge in [0.25, 0.3) is 10.0 Å². The Morgan fingerprint density at radius 2 is 1.74 bits per heavy atom. The molecule has 1 N–H and O–H groups in total. The summed E-state index contributed by atoms with van der Waals surface area (Å²) >= 11 is 0. The van der Waals surface area contributed by atoms with E-state index in [9.17, 15) is 8.42 Å². The lowest BCUT2D eigenvalue weighted by atomic mass is 10.3. The topological polar surface area (TPSA) is 68.3 Å². The molecule has 1 aromatic heterocycles. The van der Waals surface area contributed by atoms with E-state index in [0.29, 0.717) is 18.0 Å². The molecular formula is C13H14N2O3S. The number of hydrogen-bond donors (Lipinski definition) is 1. The van der Waals surface area contributed by atoms with Crippen LogP contribution in [0.4, 0.5) is 5.69 Å². The van der Waals surface area contributed by atoms with Gasteiger partial charge in [-0.25, -0.2) is 8.42 Å². The molecule has 2 aromatic rings. The van der Waals surface area contributed by atoms with Crippen molar-refractivity contribution in [1.82, 2.24) is 4.98 Å². The molecule has 0 radical (unpaired) electrons. The molecule has 0 saturated carbocycles. The van der Waals surface area contributed by atoms with Crippen molar-refractivity contribution in [1.29, 1.82) is 0 Å². The number of benzene rings is 1. The van der Waals surface area contributed by atoms with E-state index in [0.717, 1.165) is 0 Å². The molecule has 0 atom stereocenters. The van der Waals surface area contributed by atoms with Crippen molar-refractivity contribution in [2.24, 2.45) is 0 Å². The van der Waals surface area contributed by atoms with E-state index in [-0.39, 0.29) is 4.90 Å². The second-order valence-electron chi connectivity index (χ2n) is 3.75. The third kappa shape index (κ3) is 3.45. The molecule has 0 fully saturated rings. The van der Waals surface area contributed by atoms with Crippen LogP contribution in [0.1, 0.15) is 6.92 Å². The van der Waals surface area contributed by atoms with Crippen LogP contribution in [0.2, 0.25) is 0 Å². The van der Waals surface area contributed by atoms with Crippen molar-refractivity contribution in [3.63, 3.8) is 0 Å². The normalized spacial score (nSPS) is 11.0. The number of ether oxygens (including phenoxy) is 1. The van der Waals surface area contributed by atoms with Gasteiger partial charge in [-0.2, -0.15) is 0 Å². The fraction of sp³-hybridized carbons (Fsp3) is 0.154. The number of hydrogen-bond acceptors (Lipinski definition) is 4. The van der Waals surface area contributed by atoms with Crippen LogP contribution in [0.5, 0.6) is 5.75 Å². The minimum Gasteiger partial charge on any atom is -0.494 e. The Balaban J connectivity index is 2.20. The highest BCUT2D eigenvalue weighted by atomic mass is 32.2. The number of nitrogens with one attached hydrogen (secondary N) is 1. The van der Waals surface area contributed by atoms with Crippen LogP contribution in [-0.2, 0) is 10.0 Å². The molecule has 6 heteroatoms. The van der Waals surface area contributed by atoms with Gasteiger partial charge >= 0.3 is 0 Å². The molecule has 0 saturated heterocycles. The number of anilines is 1. The summed E-state index contributed by atoms with van der Waals surface area (Å²) in [6, 6.07) is 9.45. The number of pyridine rings is 1. The average molecular weight is 278 g/mol. The van der Waals surface area contributed by atoms with Gasteiger partial charge in [-0.05, 0) is 43.3 Å². The van der Waals surface area contributed by atoms with Crippen LogP contribution >= 0.6 is 0 Å². The van der Waals surface area contributed by atoms with Crippen LogP contribution in [0.25, 0.3) is 0 Å². The summed E-state index contributed by atoms with van der Waals surface area (Å²) < 4.78 is 31.9. The van der Waals surface area contributed by atoms with Crippen LogP contribution in [-0.4, -0.2) is 20.0 Å². The molecule has 100 valence electrons. The zero-order valence-electron chi connectivity index (χ0n) is 10.4. The summed E-state index contributed by atoms with van der Waals surface area (Å²) in [6.45, 7) is 2.41. The maximum Gasteiger partial charge on any atom is 0.261 e. The number of sulfonamides is 1. The molecule has 0 aliphatic rings. The lowest BCUT2D eigenvalue weighted by molar-refractivity contribution is 0.340. The van der Waals surface area contributed by atoms with Crippen LogP contribution in [0.3, 0.4) is 0 Å². The molecule has 0 unspecified atom stereocenters.